The van der Waals surface area contributed by atoms with Gasteiger partial charge in [-0.1, -0.05) is 30.3 Å². The predicted molar refractivity (Wildman–Crippen MR) is 154 cm³/mol. The van der Waals surface area contributed by atoms with Crippen molar-refractivity contribution in [3.63, 3.8) is 0 Å². The average molecular weight is 541 g/mol. The molecule has 8 heteroatoms. The zero-order valence-corrected chi connectivity index (χ0v) is 22.4. The first-order chi connectivity index (χ1) is 19.6. The highest BCUT2D eigenvalue weighted by molar-refractivity contribution is 6.01. The second-order valence-corrected chi connectivity index (χ2v) is 10.5. The van der Waals surface area contributed by atoms with Gasteiger partial charge in [0.1, 0.15) is 11.6 Å². The molecular formula is C32H33FN4O3. The van der Waals surface area contributed by atoms with Crippen LogP contribution in [0, 0.1) is 5.82 Å². The zero-order valence-electron chi connectivity index (χ0n) is 22.4. The smallest absolute Gasteiger partial charge is 0.226 e. The molecule has 1 unspecified atom stereocenters. The molecule has 0 saturated carbocycles. The second-order valence-electron chi connectivity index (χ2n) is 10.5. The van der Waals surface area contributed by atoms with Gasteiger partial charge in [0, 0.05) is 61.6 Å². The van der Waals surface area contributed by atoms with Crippen LogP contribution in [-0.4, -0.2) is 48.1 Å². The van der Waals surface area contributed by atoms with Crippen molar-refractivity contribution in [3.05, 3.63) is 83.8 Å². The number of ether oxygens (including phenoxy) is 2. The minimum absolute atomic E-state index is 0.116. The number of carbonyl (C=O) groups excluding carboxylic acids is 1. The predicted octanol–water partition coefficient (Wildman–Crippen LogP) is 6.57. The summed E-state index contributed by atoms with van der Waals surface area (Å²) in [4.78, 5) is 24.3. The van der Waals surface area contributed by atoms with E-state index in [1.165, 1.54) is 18.6 Å². The molecule has 1 atom stereocenters. The number of ketones is 1. The number of rotatable bonds is 9. The van der Waals surface area contributed by atoms with Crippen molar-refractivity contribution in [2.75, 3.05) is 36.5 Å². The molecule has 7 nitrogen and oxygen atoms in total. The van der Waals surface area contributed by atoms with Crippen molar-refractivity contribution in [3.8, 4) is 11.6 Å². The van der Waals surface area contributed by atoms with E-state index in [1.807, 2.05) is 42.5 Å². The minimum Gasteiger partial charge on any atom is -0.438 e. The molecule has 0 amide bonds. The summed E-state index contributed by atoms with van der Waals surface area (Å²) in [5.41, 5.74) is 2.04. The Balaban J connectivity index is 1.20. The number of hydrogen-bond donors (Lipinski definition) is 1. The Labute approximate surface area is 233 Å². The molecule has 0 bridgehead atoms. The molecule has 2 saturated heterocycles. The van der Waals surface area contributed by atoms with Crippen LogP contribution in [-0.2, 0) is 11.2 Å². The molecule has 3 heterocycles. The van der Waals surface area contributed by atoms with Crippen LogP contribution >= 0.6 is 0 Å². The van der Waals surface area contributed by atoms with Gasteiger partial charge in [0.2, 0.25) is 11.8 Å². The van der Waals surface area contributed by atoms with Gasteiger partial charge in [-0.2, -0.15) is 4.98 Å². The van der Waals surface area contributed by atoms with Crippen molar-refractivity contribution < 1.29 is 18.7 Å². The lowest BCUT2D eigenvalue weighted by Crippen LogP contribution is -2.29. The Morgan fingerprint density at radius 2 is 1.88 bits per heavy atom. The molecule has 3 aromatic carbocycles. The van der Waals surface area contributed by atoms with Crippen molar-refractivity contribution in [2.45, 2.75) is 44.6 Å². The third-order valence-electron chi connectivity index (χ3n) is 7.61. The van der Waals surface area contributed by atoms with Crippen LogP contribution in [0.1, 0.15) is 48.0 Å². The number of halogens is 1. The molecule has 2 aliphatic rings. The van der Waals surface area contributed by atoms with E-state index in [0.717, 1.165) is 67.4 Å². The lowest BCUT2D eigenvalue weighted by molar-refractivity contribution is 0.0993. The van der Waals surface area contributed by atoms with Crippen molar-refractivity contribution in [2.24, 2.45) is 0 Å². The normalized spacial score (nSPS) is 17.2. The zero-order chi connectivity index (χ0) is 27.3. The number of carbonyl (C=O) groups is 1. The highest BCUT2D eigenvalue weighted by atomic mass is 19.1. The number of piperidine rings is 1. The number of benzene rings is 3. The van der Waals surface area contributed by atoms with Crippen LogP contribution in [0.25, 0.3) is 10.8 Å². The van der Waals surface area contributed by atoms with Crippen LogP contribution in [0.2, 0.25) is 0 Å². The Morgan fingerprint density at radius 1 is 1.02 bits per heavy atom. The number of nitrogens with zero attached hydrogens (tertiary/aromatic N) is 3. The van der Waals surface area contributed by atoms with Gasteiger partial charge in [-0.15, -0.1) is 0 Å². The Hall–Kier alpha value is -4.04. The third-order valence-corrected chi connectivity index (χ3v) is 7.61. The van der Waals surface area contributed by atoms with Gasteiger partial charge in [-0.3, -0.25) is 4.79 Å². The molecular weight excluding hydrogens is 507 g/mol. The third kappa shape index (κ3) is 6.07. The largest absolute Gasteiger partial charge is 0.438 e. The molecule has 6 rings (SSSR count). The van der Waals surface area contributed by atoms with Crippen molar-refractivity contribution in [1.29, 1.82) is 0 Å². The number of Topliss-reactive ketones (excluding diaryl/α,β-unsaturated/α-hetero) is 1. The van der Waals surface area contributed by atoms with Gasteiger partial charge >= 0.3 is 0 Å². The van der Waals surface area contributed by atoms with E-state index < -0.39 is 0 Å². The van der Waals surface area contributed by atoms with Gasteiger partial charge in [0.05, 0.1) is 6.10 Å². The fourth-order valence-electron chi connectivity index (χ4n) is 5.53. The lowest BCUT2D eigenvalue weighted by atomic mass is 9.96. The van der Waals surface area contributed by atoms with Crippen LogP contribution in [0.5, 0.6) is 11.6 Å². The van der Waals surface area contributed by atoms with E-state index in [4.69, 9.17) is 9.47 Å². The van der Waals surface area contributed by atoms with E-state index in [1.54, 1.807) is 12.3 Å². The Bertz CT molecular complexity index is 1500. The summed E-state index contributed by atoms with van der Waals surface area (Å²) in [5, 5.41) is 5.01. The highest BCUT2D eigenvalue weighted by Crippen LogP contribution is 2.33. The van der Waals surface area contributed by atoms with Gasteiger partial charge in [-0.25, -0.2) is 9.37 Å². The van der Waals surface area contributed by atoms with Crippen molar-refractivity contribution in [1.82, 2.24) is 9.97 Å². The highest BCUT2D eigenvalue weighted by Gasteiger charge is 2.18. The molecule has 0 radical (unpaired) electrons. The van der Waals surface area contributed by atoms with Crippen LogP contribution in [0.4, 0.5) is 16.0 Å². The molecule has 4 aromatic rings. The summed E-state index contributed by atoms with van der Waals surface area (Å²) in [7, 11) is 0. The van der Waals surface area contributed by atoms with E-state index >= 15 is 0 Å². The van der Waals surface area contributed by atoms with E-state index in [0.29, 0.717) is 29.7 Å². The number of aromatic nitrogens is 2. The maximum atomic E-state index is 14.5. The summed E-state index contributed by atoms with van der Waals surface area (Å²) in [6.07, 6.45) is 7.47. The average Bonchev–Trinajstić information content (AvgIpc) is 3.52. The molecule has 0 aliphatic carbocycles. The summed E-state index contributed by atoms with van der Waals surface area (Å²) < 4.78 is 26.4. The SMILES string of the molecule is O=C(Cc1ccc(Oc2ccnc(NCC3CCCO3)n2)c2ccccc12)c1cc(F)cc(N2CCCCC2)c1. The fraction of sp³-hybridized carbons (Fsp3) is 0.344. The van der Waals surface area contributed by atoms with Gasteiger partial charge in [0.15, 0.2) is 5.78 Å². The minimum atomic E-state index is -0.380. The first-order valence-corrected chi connectivity index (χ1v) is 14.1. The number of nitrogens with one attached hydrogen (secondary N) is 1. The topological polar surface area (TPSA) is 76.6 Å². The van der Waals surface area contributed by atoms with Crippen LogP contribution in [0.3, 0.4) is 0 Å². The summed E-state index contributed by atoms with van der Waals surface area (Å²) >= 11 is 0. The second kappa shape index (κ2) is 12.0. The van der Waals surface area contributed by atoms with Crippen LogP contribution < -0.4 is 15.0 Å². The van der Waals surface area contributed by atoms with E-state index in [-0.39, 0.29) is 24.1 Å². The summed E-state index contributed by atoms with van der Waals surface area (Å²) in [6.45, 7) is 3.23. The molecule has 1 aromatic heterocycles. The molecule has 2 aliphatic heterocycles. The first kappa shape index (κ1) is 26.2. The van der Waals surface area contributed by atoms with Gasteiger partial charge in [-0.05, 0) is 67.3 Å². The number of anilines is 2. The Morgan fingerprint density at radius 3 is 2.70 bits per heavy atom. The standard InChI is InChI=1S/C32H33FN4O3/c33-24-17-23(18-25(20-24)37-14-4-1-5-15-37)29(38)19-22-10-11-30(28-9-3-2-8-27(22)28)40-31-12-13-34-32(36-31)35-21-26-7-6-16-39-26/h2-3,8-13,17-18,20,26H,1,4-7,14-16,19,21H2,(H,34,35,36). The number of hydrogen-bond acceptors (Lipinski definition) is 7. The molecule has 2 fully saturated rings. The maximum absolute atomic E-state index is 14.5. The molecule has 1 N–H and O–H groups in total. The number of fused-ring (bicyclic) bond motifs is 1. The summed E-state index contributed by atoms with van der Waals surface area (Å²) in [6, 6.07) is 18.0. The molecule has 0 spiro atoms. The maximum Gasteiger partial charge on any atom is 0.226 e. The lowest BCUT2D eigenvalue weighted by Gasteiger charge is -2.29. The fourth-order valence-corrected chi connectivity index (χ4v) is 5.53. The van der Waals surface area contributed by atoms with E-state index in [2.05, 4.69) is 20.2 Å². The summed E-state index contributed by atoms with van der Waals surface area (Å²) in [5.74, 6) is 1.04. The molecule has 206 valence electrons. The monoisotopic (exact) mass is 540 g/mol. The van der Waals surface area contributed by atoms with Crippen LogP contribution in [0.15, 0.2) is 66.9 Å². The quantitative estimate of drug-likeness (QED) is 0.241. The van der Waals surface area contributed by atoms with Crippen molar-refractivity contribution >= 4 is 28.2 Å². The Kier molecular flexibility index (Phi) is 7.86. The van der Waals surface area contributed by atoms with E-state index in [9.17, 15) is 9.18 Å². The van der Waals surface area contributed by atoms with Gasteiger partial charge < -0.3 is 19.7 Å². The first-order valence-electron chi connectivity index (χ1n) is 14.1. The van der Waals surface area contributed by atoms with Gasteiger partial charge in [0.25, 0.3) is 0 Å². The molecule has 40 heavy (non-hydrogen) atoms.